The Morgan fingerprint density at radius 2 is 2.27 bits per heavy atom. The smallest absolute Gasteiger partial charge is 0.304 e. The fourth-order valence-corrected chi connectivity index (χ4v) is 2.08. The van der Waals surface area contributed by atoms with Crippen LogP contribution in [0.4, 0.5) is 4.39 Å². The van der Waals surface area contributed by atoms with E-state index in [4.69, 9.17) is 10.8 Å². The number of benzene rings is 1. The van der Waals surface area contributed by atoms with Gasteiger partial charge in [-0.2, -0.15) is 0 Å². The highest BCUT2D eigenvalue weighted by Gasteiger charge is 2.19. The van der Waals surface area contributed by atoms with Crippen molar-refractivity contribution >= 4 is 21.9 Å². The molecule has 0 amide bonds. The lowest BCUT2D eigenvalue weighted by atomic mass is 9.95. The third-order valence-electron chi connectivity index (χ3n) is 2.11. The van der Waals surface area contributed by atoms with Crippen molar-refractivity contribution in [1.29, 1.82) is 0 Å². The Morgan fingerprint density at radius 3 is 2.73 bits per heavy atom. The average molecular weight is 276 g/mol. The zero-order valence-electron chi connectivity index (χ0n) is 7.91. The number of halogens is 2. The van der Waals surface area contributed by atoms with Gasteiger partial charge in [-0.25, -0.2) is 4.39 Å². The van der Waals surface area contributed by atoms with Gasteiger partial charge in [0, 0.05) is 16.0 Å². The Balaban J connectivity index is 3.05. The molecule has 0 bridgehead atoms. The SMILES string of the molecule is NCC(CC(=O)O)c1c(F)cccc1Br. The third-order valence-corrected chi connectivity index (χ3v) is 2.80. The number of carbonyl (C=O) groups is 1. The highest BCUT2D eigenvalue weighted by atomic mass is 79.9. The standard InChI is InChI=1S/C10H11BrFNO2/c11-7-2-1-3-8(12)10(7)6(5-13)4-9(14)15/h1-3,6H,4-5,13H2,(H,14,15). The molecule has 1 aromatic rings. The minimum absolute atomic E-state index is 0.103. The van der Waals surface area contributed by atoms with Gasteiger partial charge in [0.1, 0.15) is 5.82 Å². The zero-order valence-corrected chi connectivity index (χ0v) is 9.50. The minimum atomic E-state index is -0.986. The van der Waals surface area contributed by atoms with E-state index in [9.17, 15) is 9.18 Å². The molecule has 0 aromatic heterocycles. The number of nitrogens with two attached hydrogens (primary N) is 1. The van der Waals surface area contributed by atoms with Gasteiger partial charge in [-0.15, -0.1) is 0 Å². The molecule has 3 N–H and O–H groups in total. The highest BCUT2D eigenvalue weighted by Crippen LogP contribution is 2.29. The van der Waals surface area contributed by atoms with E-state index in [1.54, 1.807) is 12.1 Å². The molecule has 5 heteroatoms. The van der Waals surface area contributed by atoms with Crippen molar-refractivity contribution in [3.05, 3.63) is 34.1 Å². The van der Waals surface area contributed by atoms with Crippen LogP contribution in [0, 0.1) is 5.82 Å². The lowest BCUT2D eigenvalue weighted by Gasteiger charge is -2.15. The van der Waals surface area contributed by atoms with Crippen molar-refractivity contribution in [2.24, 2.45) is 5.73 Å². The van der Waals surface area contributed by atoms with Gasteiger partial charge in [0.15, 0.2) is 0 Å². The Hall–Kier alpha value is -0.940. The molecule has 0 fully saturated rings. The van der Waals surface area contributed by atoms with Crippen LogP contribution in [0.5, 0.6) is 0 Å². The maximum absolute atomic E-state index is 13.5. The number of carboxylic acids is 1. The summed E-state index contributed by atoms with van der Waals surface area (Å²) < 4.78 is 14.0. The molecule has 0 aliphatic rings. The second-order valence-corrected chi connectivity index (χ2v) is 4.02. The first-order valence-electron chi connectivity index (χ1n) is 4.42. The largest absolute Gasteiger partial charge is 0.481 e. The molecule has 15 heavy (non-hydrogen) atoms. The predicted molar refractivity (Wildman–Crippen MR) is 58.1 cm³/mol. The van der Waals surface area contributed by atoms with Gasteiger partial charge in [0.2, 0.25) is 0 Å². The summed E-state index contributed by atoms with van der Waals surface area (Å²) in [5.41, 5.74) is 5.78. The number of hydrogen-bond donors (Lipinski definition) is 2. The summed E-state index contributed by atoms with van der Waals surface area (Å²) in [7, 11) is 0. The molecule has 0 aliphatic carbocycles. The van der Waals surface area contributed by atoms with Gasteiger partial charge < -0.3 is 10.8 Å². The van der Waals surface area contributed by atoms with Crippen LogP contribution in [-0.4, -0.2) is 17.6 Å². The first kappa shape index (κ1) is 12.1. The van der Waals surface area contributed by atoms with Crippen LogP contribution in [-0.2, 0) is 4.79 Å². The van der Waals surface area contributed by atoms with Crippen LogP contribution in [0.15, 0.2) is 22.7 Å². The summed E-state index contributed by atoms with van der Waals surface area (Å²) in [6.45, 7) is 0.103. The third kappa shape index (κ3) is 3.00. The fourth-order valence-electron chi connectivity index (χ4n) is 1.41. The molecular weight excluding hydrogens is 265 g/mol. The van der Waals surface area contributed by atoms with Gasteiger partial charge in [-0.1, -0.05) is 22.0 Å². The summed E-state index contributed by atoms with van der Waals surface area (Å²) in [6, 6.07) is 4.52. The normalized spacial score (nSPS) is 12.5. The van der Waals surface area contributed by atoms with Crippen molar-refractivity contribution in [1.82, 2.24) is 0 Å². The maximum Gasteiger partial charge on any atom is 0.304 e. The van der Waals surface area contributed by atoms with Crippen LogP contribution in [0.25, 0.3) is 0 Å². The van der Waals surface area contributed by atoms with Crippen LogP contribution >= 0.6 is 15.9 Å². The second-order valence-electron chi connectivity index (χ2n) is 3.17. The van der Waals surface area contributed by atoms with Crippen molar-refractivity contribution < 1.29 is 14.3 Å². The molecular formula is C10H11BrFNO2. The van der Waals surface area contributed by atoms with Crippen molar-refractivity contribution in [2.45, 2.75) is 12.3 Å². The van der Waals surface area contributed by atoms with E-state index in [0.717, 1.165) is 0 Å². The van der Waals surface area contributed by atoms with Crippen molar-refractivity contribution in [2.75, 3.05) is 6.54 Å². The molecule has 1 aromatic carbocycles. The number of carboxylic acid groups (broad SMARTS) is 1. The van der Waals surface area contributed by atoms with E-state index < -0.39 is 17.7 Å². The molecule has 82 valence electrons. The second kappa shape index (κ2) is 5.23. The molecule has 0 saturated heterocycles. The molecule has 0 heterocycles. The lowest BCUT2D eigenvalue weighted by molar-refractivity contribution is -0.137. The quantitative estimate of drug-likeness (QED) is 0.885. The number of aliphatic carboxylic acids is 1. The molecule has 0 saturated carbocycles. The minimum Gasteiger partial charge on any atom is -0.481 e. The van der Waals surface area contributed by atoms with Gasteiger partial charge in [0.25, 0.3) is 0 Å². The fraction of sp³-hybridized carbons (Fsp3) is 0.300. The van der Waals surface area contributed by atoms with E-state index in [-0.39, 0.29) is 13.0 Å². The van der Waals surface area contributed by atoms with Gasteiger partial charge in [-0.05, 0) is 18.7 Å². The van der Waals surface area contributed by atoms with E-state index in [1.165, 1.54) is 6.07 Å². The Kier molecular flexibility index (Phi) is 4.23. The van der Waals surface area contributed by atoms with Gasteiger partial charge in [-0.3, -0.25) is 4.79 Å². The molecule has 1 rings (SSSR count). The number of rotatable bonds is 4. The van der Waals surface area contributed by atoms with Gasteiger partial charge >= 0.3 is 5.97 Å². The molecule has 1 atom stereocenters. The number of hydrogen-bond acceptors (Lipinski definition) is 2. The average Bonchev–Trinajstić information content (AvgIpc) is 2.15. The van der Waals surface area contributed by atoms with Crippen LogP contribution in [0.1, 0.15) is 17.9 Å². The summed E-state index contributed by atoms with van der Waals surface area (Å²) >= 11 is 3.19. The Bertz CT molecular complexity index is 350. The first-order chi connectivity index (χ1) is 7.06. The van der Waals surface area contributed by atoms with Crippen LogP contribution < -0.4 is 5.73 Å². The topological polar surface area (TPSA) is 63.3 Å². The summed E-state index contributed by atoms with van der Waals surface area (Å²) in [4.78, 5) is 10.6. The van der Waals surface area contributed by atoms with E-state index >= 15 is 0 Å². The molecule has 0 radical (unpaired) electrons. The van der Waals surface area contributed by atoms with E-state index in [1.807, 2.05) is 0 Å². The van der Waals surface area contributed by atoms with Crippen molar-refractivity contribution in [3.8, 4) is 0 Å². The van der Waals surface area contributed by atoms with E-state index in [0.29, 0.717) is 10.0 Å². The Morgan fingerprint density at radius 1 is 1.60 bits per heavy atom. The monoisotopic (exact) mass is 275 g/mol. The molecule has 3 nitrogen and oxygen atoms in total. The summed E-state index contributed by atoms with van der Waals surface area (Å²) in [6.07, 6.45) is -0.171. The van der Waals surface area contributed by atoms with E-state index in [2.05, 4.69) is 15.9 Å². The van der Waals surface area contributed by atoms with Crippen molar-refractivity contribution in [3.63, 3.8) is 0 Å². The molecule has 0 aliphatic heterocycles. The van der Waals surface area contributed by atoms with Crippen LogP contribution in [0.3, 0.4) is 0 Å². The molecule has 1 unspecified atom stereocenters. The maximum atomic E-state index is 13.5. The first-order valence-corrected chi connectivity index (χ1v) is 5.21. The summed E-state index contributed by atoms with van der Waals surface area (Å²) in [5, 5.41) is 8.66. The Labute approximate surface area is 95.2 Å². The zero-order chi connectivity index (χ0) is 11.4. The van der Waals surface area contributed by atoms with Gasteiger partial charge in [0.05, 0.1) is 6.42 Å². The molecule has 0 spiro atoms. The summed E-state index contributed by atoms with van der Waals surface area (Å²) in [5.74, 6) is -1.92. The lowest BCUT2D eigenvalue weighted by Crippen LogP contribution is -2.18. The predicted octanol–water partition coefficient (Wildman–Crippen LogP) is 2.11. The van der Waals surface area contributed by atoms with Crippen LogP contribution in [0.2, 0.25) is 0 Å². The highest BCUT2D eigenvalue weighted by molar-refractivity contribution is 9.10.